The lowest BCUT2D eigenvalue weighted by molar-refractivity contribution is 0.237. The average Bonchev–Trinajstić information content (AvgIpc) is 2.19. The molecule has 0 unspecified atom stereocenters. The first-order valence-corrected chi connectivity index (χ1v) is 8.10. The maximum Gasteiger partial charge on any atom is 0.329 e. The molecular weight excluding hydrogens is 346 g/mol. The Labute approximate surface area is 127 Å². The number of urea groups is 1. The lowest BCUT2D eigenvalue weighted by Crippen LogP contribution is -2.48. The summed E-state index contributed by atoms with van der Waals surface area (Å²) < 4.78 is 26.9. The van der Waals surface area contributed by atoms with Crippen molar-refractivity contribution >= 4 is 37.7 Å². The van der Waals surface area contributed by atoms with Crippen LogP contribution in [0.2, 0.25) is 0 Å². The predicted octanol–water partition coefficient (Wildman–Crippen LogP) is 2.13. The van der Waals surface area contributed by atoms with Crippen molar-refractivity contribution in [3.63, 3.8) is 0 Å². The number of hydrogen-bond acceptors (Lipinski definition) is 4. The van der Waals surface area contributed by atoms with Crippen LogP contribution in [-0.4, -0.2) is 20.0 Å². The fourth-order valence-corrected chi connectivity index (χ4v) is 3.13. The summed E-state index contributed by atoms with van der Waals surface area (Å²) in [5.41, 5.74) is 5.92. The highest BCUT2D eigenvalue weighted by atomic mass is 79.9. The van der Waals surface area contributed by atoms with Crippen molar-refractivity contribution in [3.05, 3.63) is 22.2 Å². The molecule has 1 aromatic carbocycles. The number of hydrogen-bond donors (Lipinski definition) is 3. The number of sulfonamides is 1. The summed E-state index contributed by atoms with van der Waals surface area (Å²) in [6.45, 7) is 6.88. The molecule has 2 amide bonds. The smallest absolute Gasteiger partial charge is 0.329 e. The van der Waals surface area contributed by atoms with E-state index in [0.717, 1.165) is 0 Å². The first-order valence-electron chi connectivity index (χ1n) is 5.83. The summed E-state index contributed by atoms with van der Waals surface area (Å²) in [6, 6.07) is 2.12. The molecule has 0 aliphatic heterocycles. The van der Waals surface area contributed by atoms with Crippen LogP contribution in [0, 0.1) is 6.92 Å². The van der Waals surface area contributed by atoms with Gasteiger partial charge in [-0.15, -0.1) is 0 Å². The molecule has 6 nitrogen and oxygen atoms in total. The van der Waals surface area contributed by atoms with E-state index in [9.17, 15) is 13.2 Å². The van der Waals surface area contributed by atoms with Gasteiger partial charge < -0.3 is 11.1 Å². The van der Waals surface area contributed by atoms with Gasteiger partial charge >= 0.3 is 6.03 Å². The van der Waals surface area contributed by atoms with E-state index in [4.69, 9.17) is 5.73 Å². The van der Waals surface area contributed by atoms with Crippen molar-refractivity contribution in [1.82, 2.24) is 10.0 Å². The second-order valence-electron chi connectivity index (χ2n) is 5.45. The van der Waals surface area contributed by atoms with Crippen molar-refractivity contribution in [2.24, 2.45) is 0 Å². The van der Waals surface area contributed by atoms with Crippen LogP contribution in [0.1, 0.15) is 26.3 Å². The summed E-state index contributed by atoms with van der Waals surface area (Å²) in [5.74, 6) is 0. The third-order valence-electron chi connectivity index (χ3n) is 2.30. The average molecular weight is 364 g/mol. The largest absolute Gasteiger partial charge is 0.398 e. The Bertz CT molecular complexity index is 636. The molecule has 0 saturated carbocycles. The number of nitrogens with one attached hydrogen (secondary N) is 2. The molecule has 0 heterocycles. The number of anilines is 1. The van der Waals surface area contributed by atoms with Crippen molar-refractivity contribution in [3.8, 4) is 0 Å². The molecule has 0 atom stereocenters. The lowest BCUT2D eigenvalue weighted by Gasteiger charge is -2.21. The van der Waals surface area contributed by atoms with E-state index < -0.39 is 21.6 Å². The van der Waals surface area contributed by atoms with E-state index in [-0.39, 0.29) is 10.6 Å². The second kappa shape index (κ2) is 5.61. The molecule has 0 spiro atoms. The van der Waals surface area contributed by atoms with Gasteiger partial charge in [-0.05, 0) is 61.3 Å². The fourth-order valence-electron chi connectivity index (χ4n) is 1.50. The van der Waals surface area contributed by atoms with Gasteiger partial charge in [0.05, 0.1) is 4.90 Å². The van der Waals surface area contributed by atoms with Crippen molar-refractivity contribution in [1.29, 1.82) is 0 Å². The zero-order valence-electron chi connectivity index (χ0n) is 11.7. The molecule has 112 valence electrons. The number of carbonyl (C=O) groups is 1. The summed E-state index contributed by atoms with van der Waals surface area (Å²) in [7, 11) is -3.96. The summed E-state index contributed by atoms with van der Waals surface area (Å²) in [4.78, 5) is 11.6. The number of aryl methyl sites for hydroxylation is 1. The Morgan fingerprint density at radius 3 is 2.35 bits per heavy atom. The minimum absolute atomic E-state index is 0.0257. The first-order chi connectivity index (χ1) is 8.92. The molecule has 0 bridgehead atoms. The van der Waals surface area contributed by atoms with E-state index in [2.05, 4.69) is 21.2 Å². The molecule has 0 aliphatic carbocycles. The van der Waals surface area contributed by atoms with Crippen molar-refractivity contribution in [2.75, 3.05) is 5.73 Å². The first kappa shape index (κ1) is 16.8. The minimum atomic E-state index is -3.96. The van der Waals surface area contributed by atoms with Crippen LogP contribution in [0.15, 0.2) is 21.5 Å². The van der Waals surface area contributed by atoms with Crippen molar-refractivity contribution in [2.45, 2.75) is 38.1 Å². The van der Waals surface area contributed by atoms with E-state index >= 15 is 0 Å². The molecule has 8 heteroatoms. The maximum absolute atomic E-state index is 12.2. The number of nitrogens with two attached hydrogens (primary N) is 1. The quantitative estimate of drug-likeness (QED) is 0.700. The Balaban J connectivity index is 3.07. The Hall–Kier alpha value is -1.28. The number of carbonyl (C=O) groups excluding carboxylic acids is 1. The summed E-state index contributed by atoms with van der Waals surface area (Å²) in [6.07, 6.45) is 0. The van der Waals surface area contributed by atoms with E-state index in [1.807, 2.05) is 4.72 Å². The summed E-state index contributed by atoms with van der Waals surface area (Å²) >= 11 is 3.22. The maximum atomic E-state index is 12.2. The van der Waals surface area contributed by atoms with Gasteiger partial charge in [0.2, 0.25) is 0 Å². The number of halogens is 1. The van der Waals surface area contributed by atoms with E-state index in [0.29, 0.717) is 10.0 Å². The van der Waals surface area contributed by atoms with Crippen LogP contribution < -0.4 is 15.8 Å². The molecule has 1 rings (SSSR count). The van der Waals surface area contributed by atoms with Gasteiger partial charge in [0.15, 0.2) is 0 Å². The van der Waals surface area contributed by atoms with Crippen LogP contribution in [0.25, 0.3) is 0 Å². The normalized spacial score (nSPS) is 12.1. The molecule has 0 fully saturated rings. The molecule has 0 saturated heterocycles. The van der Waals surface area contributed by atoms with Gasteiger partial charge in [0, 0.05) is 15.7 Å². The van der Waals surface area contributed by atoms with Gasteiger partial charge in [-0.1, -0.05) is 0 Å². The third kappa shape index (κ3) is 4.38. The minimum Gasteiger partial charge on any atom is -0.398 e. The lowest BCUT2D eigenvalue weighted by atomic mass is 10.1. The highest BCUT2D eigenvalue weighted by Crippen LogP contribution is 2.26. The monoisotopic (exact) mass is 363 g/mol. The molecular formula is C12H18BrN3O3S. The topological polar surface area (TPSA) is 101 Å². The third-order valence-corrected chi connectivity index (χ3v) is 4.46. The molecule has 20 heavy (non-hydrogen) atoms. The number of amides is 2. The SMILES string of the molecule is Cc1cc(Br)c(N)cc1S(=O)(=O)NC(=O)NC(C)(C)C. The van der Waals surface area contributed by atoms with Crippen molar-refractivity contribution < 1.29 is 13.2 Å². The van der Waals surface area contributed by atoms with E-state index in [1.165, 1.54) is 6.07 Å². The standard InChI is InChI=1S/C12H18BrN3O3S/c1-7-5-8(13)9(14)6-10(7)20(18,19)16-11(17)15-12(2,3)4/h5-6H,14H2,1-4H3,(H2,15,16,17). The predicted molar refractivity (Wildman–Crippen MR) is 81.9 cm³/mol. The highest BCUT2D eigenvalue weighted by Gasteiger charge is 2.23. The second-order valence-corrected chi connectivity index (χ2v) is 7.95. The van der Waals surface area contributed by atoms with Crippen LogP contribution in [0.3, 0.4) is 0 Å². The number of rotatable bonds is 2. The molecule has 0 radical (unpaired) electrons. The summed E-state index contributed by atoms with van der Waals surface area (Å²) in [5, 5.41) is 2.52. The molecule has 4 N–H and O–H groups in total. The van der Waals surface area contributed by atoms with Gasteiger partial charge in [0.25, 0.3) is 10.0 Å². The van der Waals surface area contributed by atoms with Gasteiger partial charge in [0.1, 0.15) is 0 Å². The van der Waals surface area contributed by atoms with Gasteiger partial charge in [-0.2, -0.15) is 0 Å². The number of benzene rings is 1. The van der Waals surface area contributed by atoms with Gasteiger partial charge in [-0.3, -0.25) is 0 Å². The Morgan fingerprint density at radius 1 is 1.30 bits per heavy atom. The van der Waals surface area contributed by atoms with E-state index in [1.54, 1.807) is 33.8 Å². The zero-order chi connectivity index (χ0) is 15.7. The van der Waals surface area contributed by atoms with Crippen LogP contribution in [0.5, 0.6) is 0 Å². The molecule has 0 aliphatic rings. The number of nitrogen functional groups attached to an aromatic ring is 1. The zero-order valence-corrected chi connectivity index (χ0v) is 14.1. The highest BCUT2D eigenvalue weighted by molar-refractivity contribution is 9.10. The molecule has 0 aromatic heterocycles. The van der Waals surface area contributed by atoms with Crippen LogP contribution in [0.4, 0.5) is 10.5 Å². The van der Waals surface area contributed by atoms with Crippen LogP contribution in [-0.2, 0) is 10.0 Å². The fraction of sp³-hybridized carbons (Fsp3) is 0.417. The molecule has 1 aromatic rings. The Morgan fingerprint density at radius 2 is 1.85 bits per heavy atom. The van der Waals surface area contributed by atoms with Crippen LogP contribution >= 0.6 is 15.9 Å². The Kier molecular flexibility index (Phi) is 4.70. The van der Waals surface area contributed by atoms with Gasteiger partial charge in [-0.25, -0.2) is 17.9 Å².